The molecule has 0 saturated heterocycles. The number of fused-ring (bicyclic) bond motifs is 1. The van der Waals surface area contributed by atoms with Crippen LogP contribution in [0.5, 0.6) is 0 Å². The van der Waals surface area contributed by atoms with Crippen LogP contribution in [0.1, 0.15) is 19.3 Å². The van der Waals surface area contributed by atoms with Crippen molar-refractivity contribution in [3.63, 3.8) is 0 Å². The maximum atomic E-state index is 13.9. The van der Waals surface area contributed by atoms with E-state index in [-0.39, 0.29) is 29.7 Å². The number of aromatic nitrogens is 3. The van der Waals surface area contributed by atoms with Gasteiger partial charge in [0, 0.05) is 12.6 Å². The molecule has 0 spiro atoms. The average molecular weight is 378 g/mol. The van der Waals surface area contributed by atoms with Crippen LogP contribution in [0.25, 0.3) is 22.3 Å². The van der Waals surface area contributed by atoms with E-state index in [1.807, 2.05) is 0 Å². The van der Waals surface area contributed by atoms with E-state index in [9.17, 15) is 9.50 Å². The average Bonchev–Trinajstić information content (AvgIpc) is 3.21. The van der Waals surface area contributed by atoms with Crippen LogP contribution in [0.15, 0.2) is 22.9 Å². The Balaban J connectivity index is 1.76. The lowest BCUT2D eigenvalue weighted by molar-refractivity contribution is 0.229. The van der Waals surface area contributed by atoms with E-state index in [4.69, 9.17) is 21.8 Å². The number of rotatable bonds is 4. The van der Waals surface area contributed by atoms with E-state index >= 15 is 0 Å². The molecule has 1 saturated carbocycles. The molecule has 1 aliphatic carbocycles. The molecule has 0 aliphatic heterocycles. The molecule has 3 heterocycles. The second kappa shape index (κ2) is 6.69. The molecule has 26 heavy (non-hydrogen) atoms. The Morgan fingerprint density at radius 1 is 1.35 bits per heavy atom. The Labute approximate surface area is 153 Å². The molecule has 2 atom stereocenters. The number of furan rings is 1. The quantitative estimate of drug-likeness (QED) is 0.598. The normalized spacial score (nSPS) is 20.0. The molecule has 0 amide bonds. The van der Waals surface area contributed by atoms with Gasteiger partial charge >= 0.3 is 0 Å². The topological polar surface area (TPSA) is 110 Å². The Bertz CT molecular complexity index is 964. The fraction of sp³-hybridized carbons (Fsp3) is 0.353. The first-order chi connectivity index (χ1) is 12.5. The van der Waals surface area contributed by atoms with E-state index in [0.29, 0.717) is 28.1 Å². The number of pyridine rings is 1. The van der Waals surface area contributed by atoms with Gasteiger partial charge in [0.1, 0.15) is 16.7 Å². The number of nitrogens with two attached hydrogens (primary N) is 1. The van der Waals surface area contributed by atoms with Crippen LogP contribution in [-0.4, -0.2) is 32.7 Å². The number of anilines is 2. The lowest BCUT2D eigenvalue weighted by Crippen LogP contribution is -2.18. The van der Waals surface area contributed by atoms with Crippen molar-refractivity contribution in [3.05, 3.63) is 29.4 Å². The van der Waals surface area contributed by atoms with Crippen LogP contribution in [0, 0.1) is 11.7 Å². The number of halogens is 2. The van der Waals surface area contributed by atoms with Crippen molar-refractivity contribution in [2.45, 2.75) is 25.3 Å². The van der Waals surface area contributed by atoms with Gasteiger partial charge in [-0.1, -0.05) is 11.6 Å². The number of aliphatic hydroxyl groups excluding tert-OH is 1. The molecule has 0 radical (unpaired) electrons. The van der Waals surface area contributed by atoms with E-state index in [0.717, 1.165) is 25.5 Å². The van der Waals surface area contributed by atoms with Crippen LogP contribution in [0.4, 0.5) is 16.2 Å². The van der Waals surface area contributed by atoms with Gasteiger partial charge in [0.2, 0.25) is 5.95 Å². The molecule has 4 N–H and O–H groups in total. The van der Waals surface area contributed by atoms with Crippen LogP contribution in [0.3, 0.4) is 0 Å². The van der Waals surface area contributed by atoms with Gasteiger partial charge in [0.15, 0.2) is 11.4 Å². The van der Waals surface area contributed by atoms with Gasteiger partial charge < -0.3 is 20.6 Å². The van der Waals surface area contributed by atoms with Crippen molar-refractivity contribution in [3.8, 4) is 11.3 Å². The highest BCUT2D eigenvalue weighted by Gasteiger charge is 2.27. The predicted octanol–water partition coefficient (Wildman–Crippen LogP) is 3.23. The molecule has 0 bridgehead atoms. The first kappa shape index (κ1) is 17.0. The second-order valence-corrected chi connectivity index (χ2v) is 6.80. The number of hydrogen-bond donors (Lipinski definition) is 3. The molecule has 0 aromatic carbocycles. The number of hydrogen-bond acceptors (Lipinski definition) is 7. The van der Waals surface area contributed by atoms with Crippen LogP contribution in [-0.2, 0) is 0 Å². The Morgan fingerprint density at radius 3 is 2.92 bits per heavy atom. The lowest BCUT2D eigenvalue weighted by atomic mass is 10.1. The van der Waals surface area contributed by atoms with Gasteiger partial charge in [-0.15, -0.1) is 0 Å². The van der Waals surface area contributed by atoms with E-state index in [1.54, 1.807) is 6.07 Å². The van der Waals surface area contributed by atoms with Crippen molar-refractivity contribution >= 4 is 34.3 Å². The number of nitrogen functional groups attached to an aromatic ring is 1. The molecule has 136 valence electrons. The first-order valence-corrected chi connectivity index (χ1v) is 8.66. The highest BCUT2D eigenvalue weighted by Crippen LogP contribution is 2.38. The summed E-state index contributed by atoms with van der Waals surface area (Å²) in [6, 6.07) is 1.67. The van der Waals surface area contributed by atoms with E-state index < -0.39 is 5.82 Å². The molecule has 7 nitrogen and oxygen atoms in total. The van der Waals surface area contributed by atoms with Gasteiger partial charge in [-0.2, -0.15) is 4.98 Å². The molecule has 0 unspecified atom stereocenters. The fourth-order valence-electron chi connectivity index (χ4n) is 3.39. The Kier molecular flexibility index (Phi) is 4.37. The summed E-state index contributed by atoms with van der Waals surface area (Å²) in [5.41, 5.74) is 6.47. The lowest BCUT2D eigenvalue weighted by Gasteiger charge is -2.16. The zero-order valence-corrected chi connectivity index (χ0v) is 14.5. The third kappa shape index (κ3) is 3.06. The SMILES string of the molecule is Nc1nc(Cl)c(-c2cc3c(F)cncc3o2)c(N[C@H]2CC[C@@H](CO)C2)n1. The van der Waals surface area contributed by atoms with E-state index in [2.05, 4.69) is 20.3 Å². The molecule has 3 aromatic heterocycles. The summed E-state index contributed by atoms with van der Waals surface area (Å²) < 4.78 is 19.7. The largest absolute Gasteiger partial charge is 0.454 e. The highest BCUT2D eigenvalue weighted by atomic mass is 35.5. The summed E-state index contributed by atoms with van der Waals surface area (Å²) in [5, 5.41) is 13.1. The van der Waals surface area contributed by atoms with Gasteiger partial charge in [0.05, 0.1) is 23.3 Å². The third-order valence-corrected chi connectivity index (χ3v) is 4.94. The van der Waals surface area contributed by atoms with Crippen molar-refractivity contribution in [2.24, 2.45) is 5.92 Å². The maximum Gasteiger partial charge on any atom is 0.223 e. The summed E-state index contributed by atoms with van der Waals surface area (Å²) in [5.74, 6) is 0.564. The molecular weight excluding hydrogens is 361 g/mol. The summed E-state index contributed by atoms with van der Waals surface area (Å²) in [6.45, 7) is 0.160. The highest BCUT2D eigenvalue weighted by molar-refractivity contribution is 6.32. The predicted molar refractivity (Wildman–Crippen MR) is 96.3 cm³/mol. The van der Waals surface area contributed by atoms with Crippen molar-refractivity contribution in [2.75, 3.05) is 17.7 Å². The minimum Gasteiger partial charge on any atom is -0.454 e. The molecule has 1 fully saturated rings. The molecule has 3 aromatic rings. The molecular formula is C17H17ClFN5O2. The van der Waals surface area contributed by atoms with Crippen molar-refractivity contribution in [1.82, 2.24) is 15.0 Å². The molecule has 4 rings (SSSR count). The minimum absolute atomic E-state index is 0.0295. The summed E-state index contributed by atoms with van der Waals surface area (Å²) in [6.07, 6.45) is 5.19. The molecule has 1 aliphatic rings. The third-order valence-electron chi connectivity index (χ3n) is 4.67. The van der Waals surface area contributed by atoms with Crippen LogP contribution < -0.4 is 11.1 Å². The summed E-state index contributed by atoms with van der Waals surface area (Å²) >= 11 is 6.30. The number of aliphatic hydroxyl groups is 1. The van der Waals surface area contributed by atoms with Gasteiger partial charge in [-0.25, -0.2) is 9.37 Å². The zero-order chi connectivity index (χ0) is 18.3. The summed E-state index contributed by atoms with van der Waals surface area (Å²) in [7, 11) is 0. The number of nitrogens with one attached hydrogen (secondary N) is 1. The first-order valence-electron chi connectivity index (χ1n) is 8.29. The van der Waals surface area contributed by atoms with Gasteiger partial charge in [-0.05, 0) is 31.2 Å². The van der Waals surface area contributed by atoms with E-state index in [1.165, 1.54) is 6.20 Å². The van der Waals surface area contributed by atoms with Gasteiger partial charge in [-0.3, -0.25) is 4.98 Å². The Hall–Kier alpha value is -2.45. The monoisotopic (exact) mass is 377 g/mol. The Morgan fingerprint density at radius 2 is 2.19 bits per heavy atom. The fourth-order valence-corrected chi connectivity index (χ4v) is 3.66. The van der Waals surface area contributed by atoms with Crippen LogP contribution >= 0.6 is 11.6 Å². The standard InChI is InChI=1S/C17H17ClFN5O2/c18-15-14(12-4-10-11(19)5-21-6-13(10)26-12)16(24-17(20)23-15)22-9-2-1-8(3-9)7-25/h4-6,8-9,25H,1-3,7H2,(H3,20,22,23,24)/t8-,9+/m1/s1. The van der Waals surface area contributed by atoms with Crippen molar-refractivity contribution < 1.29 is 13.9 Å². The second-order valence-electron chi connectivity index (χ2n) is 6.44. The molecule has 9 heteroatoms. The number of nitrogens with zero attached hydrogens (tertiary/aromatic N) is 3. The minimum atomic E-state index is -0.485. The van der Waals surface area contributed by atoms with Gasteiger partial charge in [0.25, 0.3) is 0 Å². The maximum absolute atomic E-state index is 13.9. The smallest absolute Gasteiger partial charge is 0.223 e. The van der Waals surface area contributed by atoms with Crippen molar-refractivity contribution in [1.29, 1.82) is 0 Å². The summed E-state index contributed by atoms with van der Waals surface area (Å²) in [4.78, 5) is 12.0. The van der Waals surface area contributed by atoms with Crippen LogP contribution in [0.2, 0.25) is 5.15 Å². The zero-order valence-electron chi connectivity index (χ0n) is 13.7.